The third-order valence-corrected chi connectivity index (χ3v) is 3.70. The number of rotatable bonds is 2. The Labute approximate surface area is 111 Å². The van der Waals surface area contributed by atoms with E-state index in [1.807, 2.05) is 6.92 Å². The number of aryl methyl sites for hydroxylation is 1. The topological polar surface area (TPSA) is 29.1 Å². The van der Waals surface area contributed by atoms with E-state index in [4.69, 9.17) is 0 Å². The van der Waals surface area contributed by atoms with Gasteiger partial charge in [0, 0.05) is 5.38 Å². The number of halogens is 2. The Hall–Kier alpha value is -1.20. The average Bonchev–Trinajstić information content (AvgIpc) is 2.70. The van der Waals surface area contributed by atoms with E-state index in [2.05, 4.69) is 21.2 Å². The maximum absolute atomic E-state index is 13.4. The lowest BCUT2D eigenvalue weighted by Crippen LogP contribution is -2.12. The second-order valence-electron chi connectivity index (χ2n) is 3.58. The fourth-order valence-electron chi connectivity index (χ4n) is 1.36. The molecule has 1 heterocycles. The number of carbonyl (C=O) groups excluding carboxylic acids is 1. The first-order chi connectivity index (χ1) is 8.06. The van der Waals surface area contributed by atoms with Crippen molar-refractivity contribution in [1.29, 1.82) is 0 Å². The highest BCUT2D eigenvalue weighted by Crippen LogP contribution is 2.22. The summed E-state index contributed by atoms with van der Waals surface area (Å²) in [6.07, 6.45) is 0. The van der Waals surface area contributed by atoms with Crippen molar-refractivity contribution in [2.75, 3.05) is 5.32 Å². The minimum Gasteiger partial charge on any atom is -0.319 e. The largest absolute Gasteiger partial charge is 0.319 e. The minimum atomic E-state index is -0.432. The van der Waals surface area contributed by atoms with E-state index in [9.17, 15) is 9.18 Å². The van der Waals surface area contributed by atoms with Crippen LogP contribution in [0, 0.1) is 12.7 Å². The summed E-state index contributed by atoms with van der Waals surface area (Å²) in [5, 5.41) is 4.27. The second-order valence-corrected chi connectivity index (χ2v) is 5.87. The summed E-state index contributed by atoms with van der Waals surface area (Å²) in [5.41, 5.74) is 1.62. The molecule has 0 saturated carbocycles. The van der Waals surface area contributed by atoms with E-state index in [0.717, 1.165) is 9.35 Å². The molecule has 0 bridgehead atoms. The van der Waals surface area contributed by atoms with Crippen molar-refractivity contribution < 1.29 is 9.18 Å². The summed E-state index contributed by atoms with van der Waals surface area (Å²) >= 11 is 4.69. The highest BCUT2D eigenvalue weighted by molar-refractivity contribution is 9.11. The highest BCUT2D eigenvalue weighted by atomic mass is 79.9. The molecule has 2 rings (SSSR count). The van der Waals surface area contributed by atoms with Crippen molar-refractivity contribution in [3.8, 4) is 0 Å². The van der Waals surface area contributed by atoms with E-state index in [1.54, 1.807) is 23.6 Å². The Morgan fingerprint density at radius 1 is 1.41 bits per heavy atom. The van der Waals surface area contributed by atoms with Gasteiger partial charge in [-0.05, 0) is 46.6 Å². The van der Waals surface area contributed by atoms with E-state index in [0.29, 0.717) is 5.56 Å². The summed E-state index contributed by atoms with van der Waals surface area (Å²) in [6.45, 7) is 1.84. The molecule has 0 atom stereocenters. The van der Waals surface area contributed by atoms with Gasteiger partial charge in [-0.15, -0.1) is 11.3 Å². The van der Waals surface area contributed by atoms with Crippen LogP contribution in [0.1, 0.15) is 15.9 Å². The van der Waals surface area contributed by atoms with Crippen LogP contribution in [0.15, 0.2) is 33.4 Å². The second kappa shape index (κ2) is 4.98. The number of anilines is 1. The molecule has 17 heavy (non-hydrogen) atoms. The molecule has 0 radical (unpaired) electrons. The fourth-order valence-corrected chi connectivity index (χ4v) is 2.50. The number of hydrogen-bond donors (Lipinski definition) is 1. The molecule has 1 amide bonds. The standard InChI is InChI=1S/C12H9BrFNOS/c1-7-2-3-9(14)10(4-7)15-12(16)8-5-11(13)17-6-8/h2-6H,1H3,(H,15,16). The van der Waals surface area contributed by atoms with Gasteiger partial charge in [-0.2, -0.15) is 0 Å². The molecule has 5 heteroatoms. The Morgan fingerprint density at radius 2 is 2.18 bits per heavy atom. The van der Waals surface area contributed by atoms with Crippen molar-refractivity contribution in [3.63, 3.8) is 0 Å². The van der Waals surface area contributed by atoms with Crippen LogP contribution >= 0.6 is 27.3 Å². The molecule has 1 aromatic heterocycles. The van der Waals surface area contributed by atoms with Crippen LogP contribution in [0.2, 0.25) is 0 Å². The first kappa shape index (κ1) is 12.3. The lowest BCUT2D eigenvalue weighted by molar-refractivity contribution is 0.102. The van der Waals surface area contributed by atoms with Crippen molar-refractivity contribution in [3.05, 3.63) is 50.4 Å². The quantitative estimate of drug-likeness (QED) is 0.884. The van der Waals surface area contributed by atoms with E-state index in [-0.39, 0.29) is 11.6 Å². The van der Waals surface area contributed by atoms with Crippen LogP contribution in [-0.2, 0) is 0 Å². The molecule has 0 saturated heterocycles. The van der Waals surface area contributed by atoms with Crippen molar-refractivity contribution >= 4 is 38.9 Å². The van der Waals surface area contributed by atoms with Gasteiger partial charge in [0.1, 0.15) is 5.82 Å². The van der Waals surface area contributed by atoms with Crippen LogP contribution < -0.4 is 5.32 Å². The van der Waals surface area contributed by atoms with Gasteiger partial charge >= 0.3 is 0 Å². The van der Waals surface area contributed by atoms with Gasteiger partial charge in [-0.1, -0.05) is 6.07 Å². The zero-order chi connectivity index (χ0) is 12.4. The van der Waals surface area contributed by atoms with Gasteiger partial charge in [-0.3, -0.25) is 4.79 Å². The Balaban J connectivity index is 2.21. The highest BCUT2D eigenvalue weighted by Gasteiger charge is 2.10. The third-order valence-electron chi connectivity index (χ3n) is 2.20. The smallest absolute Gasteiger partial charge is 0.256 e. The maximum atomic E-state index is 13.4. The Kier molecular flexibility index (Phi) is 3.59. The molecule has 0 unspecified atom stereocenters. The molecule has 0 aliphatic rings. The monoisotopic (exact) mass is 313 g/mol. The van der Waals surface area contributed by atoms with Gasteiger partial charge in [0.15, 0.2) is 0 Å². The van der Waals surface area contributed by atoms with Crippen molar-refractivity contribution in [2.45, 2.75) is 6.92 Å². The lowest BCUT2D eigenvalue weighted by atomic mass is 10.2. The van der Waals surface area contributed by atoms with Crippen LogP contribution in [0.25, 0.3) is 0 Å². The van der Waals surface area contributed by atoms with Gasteiger partial charge in [0.25, 0.3) is 5.91 Å². The number of benzene rings is 1. The first-order valence-electron chi connectivity index (χ1n) is 4.88. The predicted molar refractivity (Wildman–Crippen MR) is 71.1 cm³/mol. The molecule has 0 spiro atoms. The number of thiophene rings is 1. The lowest BCUT2D eigenvalue weighted by Gasteiger charge is -2.06. The third kappa shape index (κ3) is 2.92. The van der Waals surface area contributed by atoms with E-state index in [1.165, 1.54) is 17.4 Å². The molecule has 0 fully saturated rings. The summed E-state index contributed by atoms with van der Waals surface area (Å²) in [6, 6.07) is 6.31. The summed E-state index contributed by atoms with van der Waals surface area (Å²) in [4.78, 5) is 11.8. The van der Waals surface area contributed by atoms with Crippen LogP contribution in [-0.4, -0.2) is 5.91 Å². The Morgan fingerprint density at radius 3 is 2.82 bits per heavy atom. The zero-order valence-electron chi connectivity index (χ0n) is 8.96. The first-order valence-corrected chi connectivity index (χ1v) is 6.55. The van der Waals surface area contributed by atoms with Gasteiger partial charge in [-0.25, -0.2) is 4.39 Å². The number of carbonyl (C=O) groups is 1. The van der Waals surface area contributed by atoms with Crippen molar-refractivity contribution in [1.82, 2.24) is 0 Å². The molecule has 88 valence electrons. The van der Waals surface area contributed by atoms with Crippen molar-refractivity contribution in [2.24, 2.45) is 0 Å². The molecular formula is C12H9BrFNOS. The average molecular weight is 314 g/mol. The molecule has 1 aromatic carbocycles. The molecule has 1 N–H and O–H groups in total. The molecular weight excluding hydrogens is 305 g/mol. The minimum absolute atomic E-state index is 0.206. The summed E-state index contributed by atoms with van der Waals surface area (Å²) in [5.74, 6) is -0.741. The predicted octanol–water partition coefficient (Wildman–Crippen LogP) is 4.21. The fraction of sp³-hybridized carbons (Fsp3) is 0.0833. The summed E-state index contributed by atoms with van der Waals surface area (Å²) in [7, 11) is 0. The van der Waals surface area contributed by atoms with E-state index < -0.39 is 5.82 Å². The normalized spacial score (nSPS) is 10.3. The van der Waals surface area contributed by atoms with Gasteiger partial charge in [0.05, 0.1) is 15.0 Å². The number of amides is 1. The summed E-state index contributed by atoms with van der Waals surface area (Å²) < 4.78 is 14.3. The van der Waals surface area contributed by atoms with Crippen LogP contribution in [0.4, 0.5) is 10.1 Å². The number of nitrogens with one attached hydrogen (secondary N) is 1. The van der Waals surface area contributed by atoms with Gasteiger partial charge < -0.3 is 5.32 Å². The van der Waals surface area contributed by atoms with Crippen LogP contribution in [0.5, 0.6) is 0 Å². The molecule has 2 nitrogen and oxygen atoms in total. The zero-order valence-corrected chi connectivity index (χ0v) is 11.4. The molecule has 0 aliphatic heterocycles. The van der Waals surface area contributed by atoms with Gasteiger partial charge in [0.2, 0.25) is 0 Å². The number of hydrogen-bond acceptors (Lipinski definition) is 2. The van der Waals surface area contributed by atoms with E-state index >= 15 is 0 Å². The molecule has 0 aliphatic carbocycles. The maximum Gasteiger partial charge on any atom is 0.256 e. The van der Waals surface area contributed by atoms with Crippen LogP contribution in [0.3, 0.4) is 0 Å². The molecule has 2 aromatic rings. The Bertz CT molecular complexity index is 567. The SMILES string of the molecule is Cc1ccc(F)c(NC(=O)c2csc(Br)c2)c1.